The van der Waals surface area contributed by atoms with Gasteiger partial charge in [0, 0.05) is 19.4 Å². The molecule has 0 aliphatic rings. The average molecular weight is 259 g/mol. The number of aromatic nitrogens is 3. The molecule has 0 aliphatic heterocycles. The molecule has 6 nitrogen and oxygen atoms in total. The summed E-state index contributed by atoms with van der Waals surface area (Å²) in [4.78, 5) is 10.8. The average Bonchev–Trinajstić information content (AvgIpc) is 2.59. The van der Waals surface area contributed by atoms with Gasteiger partial charge in [-0.05, 0) is 20.3 Å². The Bertz CT molecular complexity index is 381. The molecular formula is C10H17N3O3S. The van der Waals surface area contributed by atoms with Crippen LogP contribution in [0.1, 0.15) is 19.2 Å². The second kappa shape index (κ2) is 6.61. The molecule has 1 aromatic heterocycles. The summed E-state index contributed by atoms with van der Waals surface area (Å²) in [5.74, 6) is 0.567. The van der Waals surface area contributed by atoms with Gasteiger partial charge in [0.05, 0.1) is 0 Å². The number of rotatable bonds is 7. The van der Waals surface area contributed by atoms with Crippen LogP contribution in [0.4, 0.5) is 0 Å². The van der Waals surface area contributed by atoms with E-state index in [0.717, 1.165) is 11.0 Å². The van der Waals surface area contributed by atoms with Gasteiger partial charge in [-0.25, -0.2) is 4.79 Å². The van der Waals surface area contributed by atoms with Crippen LogP contribution in [0, 0.1) is 6.92 Å². The minimum Gasteiger partial charge on any atom is -0.479 e. The molecule has 0 aromatic carbocycles. The first-order valence-corrected chi connectivity index (χ1v) is 6.38. The van der Waals surface area contributed by atoms with Crippen molar-refractivity contribution in [3.8, 4) is 0 Å². The van der Waals surface area contributed by atoms with Gasteiger partial charge in [-0.3, -0.25) is 0 Å². The van der Waals surface area contributed by atoms with E-state index in [1.165, 1.54) is 11.8 Å². The summed E-state index contributed by atoms with van der Waals surface area (Å²) in [6, 6.07) is 0. The molecule has 7 heteroatoms. The molecule has 0 amide bonds. The number of aliphatic carboxylic acids is 1. The molecule has 1 unspecified atom stereocenters. The number of carboxylic acids is 1. The lowest BCUT2D eigenvalue weighted by Gasteiger charge is -2.11. The Morgan fingerprint density at radius 2 is 2.29 bits per heavy atom. The van der Waals surface area contributed by atoms with Gasteiger partial charge in [-0.2, -0.15) is 0 Å². The molecule has 1 heterocycles. The van der Waals surface area contributed by atoms with Crippen LogP contribution in [0.5, 0.6) is 0 Å². The largest absolute Gasteiger partial charge is 0.479 e. The quantitative estimate of drug-likeness (QED) is 0.739. The molecule has 0 spiro atoms. The summed E-state index contributed by atoms with van der Waals surface area (Å²) in [6.07, 6.45) is -0.276. The van der Waals surface area contributed by atoms with E-state index in [0.29, 0.717) is 18.8 Å². The summed E-state index contributed by atoms with van der Waals surface area (Å²) < 4.78 is 7.00. The number of hydrogen-bond acceptors (Lipinski definition) is 5. The van der Waals surface area contributed by atoms with Crippen LogP contribution in [0.2, 0.25) is 0 Å². The van der Waals surface area contributed by atoms with Gasteiger partial charge < -0.3 is 14.4 Å². The fraction of sp³-hybridized carbons (Fsp3) is 0.700. The van der Waals surface area contributed by atoms with E-state index in [2.05, 4.69) is 10.2 Å². The van der Waals surface area contributed by atoms with E-state index in [4.69, 9.17) is 9.84 Å². The number of ether oxygens (including phenoxy) is 1. The minimum absolute atomic E-state index is 0.407. The molecule has 1 aromatic rings. The second-order valence-corrected chi connectivity index (χ2v) is 4.57. The monoisotopic (exact) mass is 259 g/mol. The third-order valence-electron chi connectivity index (χ3n) is 2.31. The van der Waals surface area contributed by atoms with Crippen molar-refractivity contribution in [3.05, 3.63) is 5.82 Å². The molecule has 1 N–H and O–H groups in total. The van der Waals surface area contributed by atoms with Gasteiger partial charge in [-0.15, -0.1) is 10.2 Å². The summed E-state index contributed by atoms with van der Waals surface area (Å²) in [5, 5.41) is 17.6. The topological polar surface area (TPSA) is 77.2 Å². The molecule has 0 saturated heterocycles. The Morgan fingerprint density at radius 3 is 2.76 bits per heavy atom. The zero-order valence-corrected chi connectivity index (χ0v) is 11.0. The van der Waals surface area contributed by atoms with Crippen LogP contribution in [-0.4, -0.2) is 44.3 Å². The highest BCUT2D eigenvalue weighted by atomic mass is 32.2. The molecular weight excluding hydrogens is 242 g/mol. The predicted molar refractivity (Wildman–Crippen MR) is 64.1 cm³/mol. The Hall–Kier alpha value is -1.08. The van der Waals surface area contributed by atoms with E-state index in [1.807, 2.05) is 18.5 Å². The van der Waals surface area contributed by atoms with E-state index in [1.54, 1.807) is 6.92 Å². The van der Waals surface area contributed by atoms with E-state index in [9.17, 15) is 4.79 Å². The first kappa shape index (κ1) is 14.0. The molecule has 0 saturated carbocycles. The Morgan fingerprint density at radius 1 is 1.59 bits per heavy atom. The van der Waals surface area contributed by atoms with Crippen LogP contribution in [0.25, 0.3) is 0 Å². The number of carboxylic acid groups (broad SMARTS) is 1. The van der Waals surface area contributed by atoms with Crippen molar-refractivity contribution in [2.45, 2.75) is 31.5 Å². The van der Waals surface area contributed by atoms with Crippen LogP contribution in [0.3, 0.4) is 0 Å². The minimum atomic E-state index is -0.915. The second-order valence-electron chi connectivity index (χ2n) is 3.51. The van der Waals surface area contributed by atoms with Crippen molar-refractivity contribution in [2.24, 2.45) is 7.05 Å². The third kappa shape index (κ3) is 4.01. The fourth-order valence-corrected chi connectivity index (χ4v) is 2.19. The number of carbonyl (C=O) groups is 1. The molecule has 0 bridgehead atoms. The maximum Gasteiger partial charge on any atom is 0.332 e. The van der Waals surface area contributed by atoms with Gasteiger partial charge in [-0.1, -0.05) is 11.8 Å². The maximum absolute atomic E-state index is 10.8. The summed E-state index contributed by atoms with van der Waals surface area (Å²) >= 11 is 1.49. The molecule has 17 heavy (non-hydrogen) atoms. The highest BCUT2D eigenvalue weighted by Crippen LogP contribution is 2.17. The van der Waals surface area contributed by atoms with Crippen LogP contribution in [0.15, 0.2) is 5.16 Å². The van der Waals surface area contributed by atoms with Gasteiger partial charge in [0.2, 0.25) is 0 Å². The van der Waals surface area contributed by atoms with Crippen molar-refractivity contribution in [1.29, 1.82) is 0 Å². The molecule has 96 valence electrons. The van der Waals surface area contributed by atoms with Crippen molar-refractivity contribution in [1.82, 2.24) is 14.8 Å². The third-order valence-corrected chi connectivity index (χ3v) is 3.36. The smallest absolute Gasteiger partial charge is 0.332 e. The lowest BCUT2D eigenvalue weighted by atomic mass is 10.3. The van der Waals surface area contributed by atoms with Gasteiger partial charge in [0.15, 0.2) is 11.3 Å². The molecule has 0 aliphatic carbocycles. The SMILES string of the molecule is CCOC(CCSc1nnc(C)n1C)C(=O)O. The number of aryl methyl sites for hydroxylation is 1. The maximum atomic E-state index is 10.8. The predicted octanol–water partition coefficient (Wildman–Crippen LogP) is 1.10. The lowest BCUT2D eigenvalue weighted by molar-refractivity contribution is -0.150. The highest BCUT2D eigenvalue weighted by Gasteiger charge is 2.17. The van der Waals surface area contributed by atoms with Crippen molar-refractivity contribution >= 4 is 17.7 Å². The van der Waals surface area contributed by atoms with Crippen LogP contribution < -0.4 is 0 Å². The zero-order chi connectivity index (χ0) is 12.8. The van der Waals surface area contributed by atoms with Gasteiger partial charge in [0.1, 0.15) is 5.82 Å². The van der Waals surface area contributed by atoms with Crippen LogP contribution in [-0.2, 0) is 16.6 Å². The Balaban J connectivity index is 2.41. The summed E-state index contributed by atoms with van der Waals surface area (Å²) in [5.41, 5.74) is 0. The zero-order valence-electron chi connectivity index (χ0n) is 10.2. The van der Waals surface area contributed by atoms with Gasteiger partial charge >= 0.3 is 5.97 Å². The van der Waals surface area contributed by atoms with E-state index in [-0.39, 0.29) is 0 Å². The van der Waals surface area contributed by atoms with Gasteiger partial charge in [0.25, 0.3) is 0 Å². The number of nitrogens with zero attached hydrogens (tertiary/aromatic N) is 3. The number of thioether (sulfide) groups is 1. The summed E-state index contributed by atoms with van der Waals surface area (Å²) in [7, 11) is 1.88. The van der Waals surface area contributed by atoms with Crippen molar-refractivity contribution in [3.63, 3.8) is 0 Å². The summed E-state index contributed by atoms with van der Waals surface area (Å²) in [6.45, 7) is 4.07. The molecule has 0 fully saturated rings. The van der Waals surface area contributed by atoms with E-state index < -0.39 is 12.1 Å². The Kier molecular flexibility index (Phi) is 5.43. The first-order chi connectivity index (χ1) is 8.06. The van der Waals surface area contributed by atoms with Crippen molar-refractivity contribution in [2.75, 3.05) is 12.4 Å². The molecule has 1 atom stereocenters. The van der Waals surface area contributed by atoms with Crippen molar-refractivity contribution < 1.29 is 14.6 Å². The van der Waals surface area contributed by atoms with E-state index >= 15 is 0 Å². The molecule has 1 rings (SSSR count). The van der Waals surface area contributed by atoms with Crippen LogP contribution >= 0.6 is 11.8 Å². The first-order valence-electron chi connectivity index (χ1n) is 5.39. The Labute approximate surface area is 104 Å². The fourth-order valence-electron chi connectivity index (χ4n) is 1.25. The number of hydrogen-bond donors (Lipinski definition) is 1. The lowest BCUT2D eigenvalue weighted by Crippen LogP contribution is -2.24. The standard InChI is InChI=1S/C10H17N3O3S/c1-4-16-8(9(14)15)5-6-17-10-12-11-7(2)13(10)3/h8H,4-6H2,1-3H3,(H,14,15). The normalized spacial score (nSPS) is 12.6. The highest BCUT2D eigenvalue weighted by molar-refractivity contribution is 7.99. The molecule has 0 radical (unpaired) electrons.